The number of hydrogen-bond donors (Lipinski definition) is 2. The summed E-state index contributed by atoms with van der Waals surface area (Å²) in [6.45, 7) is 8.59. The van der Waals surface area contributed by atoms with Crippen molar-refractivity contribution in [3.05, 3.63) is 128 Å². The number of methoxy groups -OCH3 is 2. The van der Waals surface area contributed by atoms with Crippen molar-refractivity contribution in [2.75, 3.05) is 27.4 Å². The van der Waals surface area contributed by atoms with Crippen LogP contribution in [0, 0.1) is 11.6 Å². The third-order valence-corrected chi connectivity index (χ3v) is 8.42. The van der Waals surface area contributed by atoms with Gasteiger partial charge in [0.15, 0.2) is 0 Å². The summed E-state index contributed by atoms with van der Waals surface area (Å²) in [6, 6.07) is 22.7. The number of ether oxygens (including phenoxy) is 3. The van der Waals surface area contributed by atoms with Crippen LogP contribution in [0.15, 0.2) is 93.9 Å². The lowest BCUT2D eigenvalue weighted by Crippen LogP contribution is -2.42. The summed E-state index contributed by atoms with van der Waals surface area (Å²) in [7, 11) is 3.05. The van der Waals surface area contributed by atoms with E-state index in [-0.39, 0.29) is 48.7 Å². The van der Waals surface area contributed by atoms with Gasteiger partial charge < -0.3 is 29.5 Å². The Bertz CT molecular complexity index is 1760. The third-order valence-electron chi connectivity index (χ3n) is 7.11. The molecule has 0 bridgehead atoms. The van der Waals surface area contributed by atoms with Gasteiger partial charge in [-0.2, -0.15) is 0 Å². The van der Waals surface area contributed by atoms with Crippen molar-refractivity contribution in [3.63, 3.8) is 0 Å². The number of aliphatic hydroxyl groups is 1. The Labute approximate surface area is 309 Å². The van der Waals surface area contributed by atoms with Crippen molar-refractivity contribution >= 4 is 43.7 Å². The van der Waals surface area contributed by atoms with Gasteiger partial charge in [-0.3, -0.25) is 9.59 Å². The first kappa shape index (κ1) is 40.6. The molecule has 12 heteroatoms. The minimum atomic E-state index is -1.11. The van der Waals surface area contributed by atoms with Gasteiger partial charge in [-0.1, -0.05) is 36.4 Å². The number of nitrogens with one attached hydrogen (secondary N) is 1. The van der Waals surface area contributed by atoms with Crippen molar-refractivity contribution in [1.82, 2.24) is 10.2 Å². The minimum absolute atomic E-state index is 0.0634. The van der Waals surface area contributed by atoms with Crippen LogP contribution in [0.2, 0.25) is 0 Å². The van der Waals surface area contributed by atoms with Crippen molar-refractivity contribution in [2.45, 2.75) is 52.0 Å². The predicted molar refractivity (Wildman–Crippen MR) is 196 cm³/mol. The van der Waals surface area contributed by atoms with Gasteiger partial charge in [0, 0.05) is 41.9 Å². The van der Waals surface area contributed by atoms with Crippen LogP contribution < -0.4 is 14.8 Å². The number of carbonyl (C=O) groups is 2. The predicted octanol–water partition coefficient (Wildman–Crippen LogP) is 8.33. The van der Waals surface area contributed by atoms with Crippen LogP contribution in [0.4, 0.5) is 8.78 Å². The summed E-state index contributed by atoms with van der Waals surface area (Å²) < 4.78 is 44.2. The molecular formula is C38H42Br2F2N2O6. The Morgan fingerprint density at radius 3 is 1.78 bits per heavy atom. The quantitative estimate of drug-likeness (QED) is 0.156. The number of carbonyl (C=O) groups excluding carboxylic acids is 2. The lowest BCUT2D eigenvalue weighted by molar-refractivity contribution is 0.0277. The molecule has 5 rings (SSSR count). The highest BCUT2D eigenvalue weighted by Gasteiger charge is 2.32. The van der Waals surface area contributed by atoms with Crippen molar-refractivity contribution < 1.29 is 37.7 Å². The van der Waals surface area contributed by atoms with Crippen molar-refractivity contribution in [2.24, 2.45) is 0 Å². The lowest BCUT2D eigenvalue weighted by Gasteiger charge is -2.29. The molecule has 0 aromatic heterocycles. The van der Waals surface area contributed by atoms with Crippen LogP contribution in [0.1, 0.15) is 59.5 Å². The Balaban J connectivity index is 0.000000241. The van der Waals surface area contributed by atoms with E-state index in [0.717, 1.165) is 15.6 Å². The van der Waals surface area contributed by atoms with Gasteiger partial charge in [0.1, 0.15) is 23.1 Å². The first-order chi connectivity index (χ1) is 23.5. The highest BCUT2D eigenvalue weighted by atomic mass is 79.9. The molecule has 0 radical (unpaired) electrons. The summed E-state index contributed by atoms with van der Waals surface area (Å²) in [5.74, 6) is -0.204. The summed E-state index contributed by atoms with van der Waals surface area (Å²) in [5.41, 5.74) is 0.844. The molecule has 0 atom stereocenters. The van der Waals surface area contributed by atoms with Gasteiger partial charge in [-0.05, 0) is 108 Å². The van der Waals surface area contributed by atoms with Gasteiger partial charge in [0.05, 0.1) is 41.0 Å². The molecule has 0 spiro atoms. The molecule has 1 aliphatic heterocycles. The average Bonchev–Trinajstić information content (AvgIpc) is 3.78. The second-order valence-electron chi connectivity index (χ2n) is 12.6. The Hall–Kier alpha value is -3.84. The van der Waals surface area contributed by atoms with Crippen LogP contribution in [0.25, 0.3) is 0 Å². The average molecular weight is 821 g/mol. The maximum Gasteiger partial charge on any atom is 0.254 e. The molecule has 4 aromatic rings. The number of amides is 2. The van der Waals surface area contributed by atoms with Crippen LogP contribution in [-0.2, 0) is 17.8 Å². The van der Waals surface area contributed by atoms with E-state index in [1.54, 1.807) is 86.6 Å². The van der Waals surface area contributed by atoms with Gasteiger partial charge in [-0.25, -0.2) is 8.78 Å². The van der Waals surface area contributed by atoms with Gasteiger partial charge in [-0.15, -0.1) is 0 Å². The number of nitrogens with zero attached hydrogens (tertiary/aromatic N) is 1. The van der Waals surface area contributed by atoms with Crippen molar-refractivity contribution in [3.8, 4) is 11.5 Å². The highest BCUT2D eigenvalue weighted by Crippen LogP contribution is 2.28. The zero-order chi connectivity index (χ0) is 37.1. The maximum atomic E-state index is 14.0. The molecule has 2 amide bonds. The van der Waals surface area contributed by atoms with Crippen LogP contribution in [0.5, 0.6) is 11.5 Å². The molecule has 0 aliphatic carbocycles. The first-order valence-electron chi connectivity index (χ1n) is 15.6. The molecular weight excluding hydrogens is 778 g/mol. The Morgan fingerprint density at radius 1 is 0.860 bits per heavy atom. The molecule has 0 saturated carbocycles. The van der Waals surface area contributed by atoms with E-state index in [1.165, 1.54) is 31.3 Å². The number of benzene rings is 4. The fraction of sp³-hybridized carbons (Fsp3) is 0.316. The molecule has 0 unspecified atom stereocenters. The molecule has 1 fully saturated rings. The molecule has 2 N–H and O–H groups in total. The van der Waals surface area contributed by atoms with E-state index < -0.39 is 5.60 Å². The molecule has 268 valence electrons. The van der Waals surface area contributed by atoms with Crippen LogP contribution in [-0.4, -0.2) is 60.4 Å². The minimum Gasteiger partial charge on any atom is -0.496 e. The van der Waals surface area contributed by atoms with E-state index in [0.29, 0.717) is 33.8 Å². The van der Waals surface area contributed by atoms with E-state index in [9.17, 15) is 23.5 Å². The van der Waals surface area contributed by atoms with Gasteiger partial charge in [0.25, 0.3) is 11.8 Å². The number of hydrogen-bond acceptors (Lipinski definition) is 6. The van der Waals surface area contributed by atoms with Crippen LogP contribution in [0.3, 0.4) is 0 Å². The Kier molecular flexibility index (Phi) is 14.9. The molecule has 1 heterocycles. The van der Waals surface area contributed by atoms with Gasteiger partial charge >= 0.3 is 0 Å². The summed E-state index contributed by atoms with van der Waals surface area (Å²) in [6.07, 6.45) is 0. The fourth-order valence-corrected chi connectivity index (χ4v) is 5.16. The van der Waals surface area contributed by atoms with E-state index >= 15 is 0 Å². The first-order valence-corrected chi connectivity index (χ1v) is 17.2. The van der Waals surface area contributed by atoms with Crippen molar-refractivity contribution in [1.29, 1.82) is 0 Å². The third kappa shape index (κ3) is 13.1. The molecule has 1 saturated heterocycles. The largest absolute Gasteiger partial charge is 0.496 e. The summed E-state index contributed by atoms with van der Waals surface area (Å²) in [4.78, 5) is 26.4. The molecule has 50 heavy (non-hydrogen) atoms. The van der Waals surface area contributed by atoms with Crippen LogP contribution >= 0.6 is 31.9 Å². The highest BCUT2D eigenvalue weighted by molar-refractivity contribution is 9.10. The number of halogens is 4. The molecule has 8 nitrogen and oxygen atoms in total. The lowest BCUT2D eigenvalue weighted by atomic mass is 10.1. The normalized spacial score (nSPS) is 12.7. The molecule has 1 aliphatic rings. The second-order valence-corrected chi connectivity index (χ2v) is 14.3. The van der Waals surface area contributed by atoms with E-state index in [2.05, 4.69) is 51.0 Å². The topological polar surface area (TPSA) is 101 Å². The number of rotatable bonds is 10. The molecule has 4 aromatic carbocycles. The standard InChI is InChI=1S/C19H21BrFNO3.C15H13BrFNO2.C4H8O/c1-19(2,24)12-22(11-14-6-4-5-7-16(14)21)18(23)13-8-9-15(20)17(10-13)25-3;1-20-14-8-10(6-7-12(14)16)15(19)18-9-11-4-2-3-5-13(11)17;1-4(2)3-5-4/h4-10,24H,11-12H2,1-3H3;2-8H,9H2,1H3,(H,18,19);3H2,1-2H3. The SMILES string of the molecule is CC1(C)CO1.COc1cc(C(=O)N(Cc2ccccc2F)CC(C)(C)O)ccc1Br.COc1cc(C(=O)NCc2ccccc2F)ccc1Br. The summed E-state index contributed by atoms with van der Waals surface area (Å²) in [5, 5.41) is 12.8. The van der Waals surface area contributed by atoms with Gasteiger partial charge in [0.2, 0.25) is 0 Å². The fourth-order valence-electron chi connectivity index (χ4n) is 4.34. The second kappa shape index (κ2) is 18.4. The monoisotopic (exact) mass is 818 g/mol. The van der Waals surface area contributed by atoms with E-state index in [1.807, 2.05) is 0 Å². The Morgan fingerprint density at radius 2 is 1.32 bits per heavy atom. The number of epoxide rings is 1. The smallest absolute Gasteiger partial charge is 0.254 e. The van der Waals surface area contributed by atoms with E-state index in [4.69, 9.17) is 14.2 Å². The maximum absolute atomic E-state index is 14.0. The summed E-state index contributed by atoms with van der Waals surface area (Å²) >= 11 is 6.67. The zero-order valence-electron chi connectivity index (χ0n) is 28.9. The zero-order valence-corrected chi connectivity index (χ0v) is 32.0.